The van der Waals surface area contributed by atoms with E-state index in [-0.39, 0.29) is 5.75 Å². The van der Waals surface area contributed by atoms with Crippen molar-refractivity contribution in [2.45, 2.75) is 12.8 Å². The van der Waals surface area contributed by atoms with Crippen LogP contribution in [0.25, 0.3) is 22.3 Å². The summed E-state index contributed by atoms with van der Waals surface area (Å²) in [4.78, 5) is 11.8. The molecule has 1 aromatic heterocycles. The van der Waals surface area contributed by atoms with Gasteiger partial charge in [-0.05, 0) is 74.5 Å². The zero-order valence-electron chi connectivity index (χ0n) is 17.9. The monoisotopic (exact) mass is 426 g/mol. The van der Waals surface area contributed by atoms with Crippen LogP contribution in [0.4, 0.5) is 11.5 Å². The Morgan fingerprint density at radius 3 is 2.44 bits per heavy atom. The number of phenols is 1. The summed E-state index contributed by atoms with van der Waals surface area (Å²) in [5.74, 6) is 2.18. The molecule has 4 aromatic rings. The largest absolute Gasteiger partial charge is 0.507 e. The highest BCUT2D eigenvalue weighted by molar-refractivity contribution is 5.92. The smallest absolute Gasteiger partial charge is 0.165 e. The van der Waals surface area contributed by atoms with E-state index in [4.69, 9.17) is 9.72 Å². The van der Waals surface area contributed by atoms with Gasteiger partial charge in [0.05, 0.1) is 11.1 Å². The Bertz CT molecular complexity index is 1200. The molecule has 2 heterocycles. The van der Waals surface area contributed by atoms with E-state index in [0.29, 0.717) is 23.8 Å². The number of likely N-dealkylation sites (tertiary alicyclic amines) is 1. The van der Waals surface area contributed by atoms with Crippen LogP contribution in [-0.2, 0) is 0 Å². The van der Waals surface area contributed by atoms with Crippen LogP contribution >= 0.6 is 0 Å². The van der Waals surface area contributed by atoms with Gasteiger partial charge in [0.1, 0.15) is 23.9 Å². The minimum atomic E-state index is 0.157. The lowest BCUT2D eigenvalue weighted by atomic mass is 10.1. The molecule has 32 heavy (non-hydrogen) atoms. The van der Waals surface area contributed by atoms with E-state index in [1.54, 1.807) is 12.1 Å². The van der Waals surface area contributed by atoms with Crippen molar-refractivity contribution in [2.24, 2.45) is 0 Å². The van der Waals surface area contributed by atoms with Gasteiger partial charge >= 0.3 is 0 Å². The molecule has 1 aliphatic heterocycles. The molecule has 0 amide bonds. The van der Waals surface area contributed by atoms with Crippen LogP contribution in [-0.4, -0.2) is 46.2 Å². The van der Waals surface area contributed by atoms with Crippen molar-refractivity contribution >= 4 is 22.4 Å². The second kappa shape index (κ2) is 9.24. The number of aromatic nitrogens is 2. The zero-order valence-corrected chi connectivity index (χ0v) is 17.9. The Morgan fingerprint density at radius 1 is 0.875 bits per heavy atom. The summed E-state index contributed by atoms with van der Waals surface area (Å²) in [6, 6.07) is 22.9. The van der Waals surface area contributed by atoms with E-state index < -0.39 is 0 Å². The van der Waals surface area contributed by atoms with E-state index in [1.165, 1.54) is 25.9 Å². The SMILES string of the molecule is Oc1ccccc1-c1nc(Nc2ccc(OCCN3CCCC3)cc2)c2ccccc2n1. The number of phenolic OH excluding ortho intramolecular Hbond substituents is 1. The number of nitrogens with zero attached hydrogens (tertiary/aromatic N) is 3. The highest BCUT2D eigenvalue weighted by Crippen LogP contribution is 2.31. The Kier molecular flexibility index (Phi) is 5.85. The summed E-state index contributed by atoms with van der Waals surface area (Å²) in [6.45, 7) is 4.04. The molecule has 162 valence electrons. The van der Waals surface area contributed by atoms with Gasteiger partial charge in [-0.2, -0.15) is 0 Å². The number of para-hydroxylation sites is 2. The van der Waals surface area contributed by atoms with Crippen molar-refractivity contribution < 1.29 is 9.84 Å². The van der Waals surface area contributed by atoms with E-state index in [9.17, 15) is 5.11 Å². The third-order valence-corrected chi connectivity index (χ3v) is 5.74. The number of aromatic hydroxyl groups is 1. The summed E-state index contributed by atoms with van der Waals surface area (Å²) >= 11 is 0. The number of hydrogen-bond donors (Lipinski definition) is 2. The average Bonchev–Trinajstić information content (AvgIpc) is 3.34. The van der Waals surface area contributed by atoms with Crippen LogP contribution in [0.5, 0.6) is 11.5 Å². The summed E-state index contributed by atoms with van der Waals surface area (Å²) < 4.78 is 5.91. The van der Waals surface area contributed by atoms with Gasteiger partial charge < -0.3 is 15.2 Å². The fourth-order valence-corrected chi connectivity index (χ4v) is 4.03. The van der Waals surface area contributed by atoms with Crippen molar-refractivity contribution in [3.05, 3.63) is 72.8 Å². The lowest BCUT2D eigenvalue weighted by Crippen LogP contribution is -2.25. The second-order valence-electron chi connectivity index (χ2n) is 7.98. The Morgan fingerprint density at radius 2 is 1.62 bits per heavy atom. The average molecular weight is 427 g/mol. The third-order valence-electron chi connectivity index (χ3n) is 5.74. The lowest BCUT2D eigenvalue weighted by Gasteiger charge is -2.15. The van der Waals surface area contributed by atoms with Crippen LogP contribution in [0.3, 0.4) is 0 Å². The maximum absolute atomic E-state index is 10.3. The molecule has 3 aromatic carbocycles. The van der Waals surface area contributed by atoms with E-state index >= 15 is 0 Å². The number of nitrogens with one attached hydrogen (secondary N) is 1. The van der Waals surface area contributed by atoms with Gasteiger partial charge in [-0.25, -0.2) is 9.97 Å². The predicted octanol–water partition coefficient (Wildman–Crippen LogP) is 5.22. The molecule has 0 saturated carbocycles. The van der Waals surface area contributed by atoms with Gasteiger partial charge in [-0.1, -0.05) is 24.3 Å². The standard InChI is InChI=1S/C26H26N4O2/c31-24-10-4-2-8-22(24)26-28-23-9-3-1-7-21(23)25(29-26)27-19-11-13-20(14-12-19)32-18-17-30-15-5-6-16-30/h1-4,7-14,31H,5-6,15-18H2,(H,27,28,29). The van der Waals surface area contributed by atoms with Gasteiger partial charge in [0.25, 0.3) is 0 Å². The summed E-state index contributed by atoms with van der Waals surface area (Å²) in [5, 5.41) is 14.6. The van der Waals surface area contributed by atoms with Gasteiger partial charge in [0, 0.05) is 17.6 Å². The molecule has 1 saturated heterocycles. The molecule has 1 aliphatic rings. The van der Waals surface area contributed by atoms with Crippen molar-refractivity contribution in [3.63, 3.8) is 0 Å². The number of rotatable bonds is 7. The first-order valence-electron chi connectivity index (χ1n) is 11.0. The van der Waals surface area contributed by atoms with Crippen LogP contribution in [0.2, 0.25) is 0 Å². The highest BCUT2D eigenvalue weighted by atomic mass is 16.5. The van der Waals surface area contributed by atoms with Crippen LogP contribution in [0.15, 0.2) is 72.8 Å². The molecule has 0 atom stereocenters. The quantitative estimate of drug-likeness (QED) is 0.422. The minimum absolute atomic E-state index is 0.157. The molecule has 6 nitrogen and oxygen atoms in total. The number of fused-ring (bicyclic) bond motifs is 1. The van der Waals surface area contributed by atoms with Crippen LogP contribution < -0.4 is 10.1 Å². The van der Waals surface area contributed by atoms with Crippen molar-refractivity contribution in [1.29, 1.82) is 0 Å². The van der Waals surface area contributed by atoms with Crippen molar-refractivity contribution in [1.82, 2.24) is 14.9 Å². The van der Waals surface area contributed by atoms with E-state index in [2.05, 4.69) is 15.2 Å². The zero-order chi connectivity index (χ0) is 21.8. The van der Waals surface area contributed by atoms with Gasteiger partial charge in [0.2, 0.25) is 0 Å². The molecule has 6 heteroatoms. The van der Waals surface area contributed by atoms with Crippen molar-refractivity contribution in [2.75, 3.05) is 31.6 Å². The maximum Gasteiger partial charge on any atom is 0.165 e. The van der Waals surface area contributed by atoms with Gasteiger partial charge in [-0.3, -0.25) is 4.90 Å². The minimum Gasteiger partial charge on any atom is -0.507 e. The Balaban J connectivity index is 1.35. The fourth-order valence-electron chi connectivity index (χ4n) is 4.03. The van der Waals surface area contributed by atoms with Gasteiger partial charge in [0.15, 0.2) is 5.82 Å². The maximum atomic E-state index is 10.3. The van der Waals surface area contributed by atoms with Crippen molar-refractivity contribution in [3.8, 4) is 22.9 Å². The molecular weight excluding hydrogens is 400 g/mol. The number of anilines is 2. The second-order valence-corrected chi connectivity index (χ2v) is 7.98. The van der Waals surface area contributed by atoms with E-state index in [1.807, 2.05) is 60.7 Å². The summed E-state index contributed by atoms with van der Waals surface area (Å²) in [6.07, 6.45) is 2.59. The Hall–Kier alpha value is -3.64. The van der Waals surface area contributed by atoms with Crippen LogP contribution in [0.1, 0.15) is 12.8 Å². The molecule has 0 radical (unpaired) electrons. The number of ether oxygens (including phenoxy) is 1. The summed E-state index contributed by atoms with van der Waals surface area (Å²) in [7, 11) is 0. The normalized spacial score (nSPS) is 14.0. The van der Waals surface area contributed by atoms with E-state index in [0.717, 1.165) is 28.9 Å². The number of benzene rings is 3. The summed E-state index contributed by atoms with van der Waals surface area (Å²) in [5.41, 5.74) is 2.32. The first-order chi connectivity index (χ1) is 15.8. The molecule has 0 unspecified atom stereocenters. The molecule has 0 aliphatic carbocycles. The molecule has 5 rings (SSSR count). The van der Waals surface area contributed by atoms with Gasteiger partial charge in [-0.15, -0.1) is 0 Å². The molecule has 2 N–H and O–H groups in total. The third kappa shape index (κ3) is 4.50. The number of hydrogen-bond acceptors (Lipinski definition) is 6. The highest BCUT2D eigenvalue weighted by Gasteiger charge is 2.13. The molecule has 0 spiro atoms. The predicted molar refractivity (Wildman–Crippen MR) is 128 cm³/mol. The molecule has 1 fully saturated rings. The Labute approximate surface area is 187 Å². The van der Waals surface area contributed by atoms with Crippen LogP contribution in [0, 0.1) is 0 Å². The molecular formula is C26H26N4O2. The first-order valence-corrected chi connectivity index (χ1v) is 11.0. The lowest BCUT2D eigenvalue weighted by molar-refractivity contribution is 0.238. The first kappa shape index (κ1) is 20.3. The molecule has 0 bridgehead atoms. The fraction of sp³-hybridized carbons (Fsp3) is 0.231. The topological polar surface area (TPSA) is 70.5 Å².